The van der Waals surface area contributed by atoms with Gasteiger partial charge < -0.3 is 5.32 Å². The third kappa shape index (κ3) is 3.89. The first-order valence-corrected chi connectivity index (χ1v) is 7.74. The number of hydrogen-bond donors (Lipinski definition) is 1. The Morgan fingerprint density at radius 2 is 1.90 bits per heavy atom. The summed E-state index contributed by atoms with van der Waals surface area (Å²) in [5.74, 6) is -0.473. The van der Waals surface area contributed by atoms with Crippen molar-refractivity contribution >= 4 is 15.9 Å². The average molecular weight is 354 g/mol. The van der Waals surface area contributed by atoms with Gasteiger partial charge in [-0.05, 0) is 64.6 Å². The van der Waals surface area contributed by atoms with Gasteiger partial charge in [-0.2, -0.15) is 0 Å². The molecule has 2 aromatic rings. The molecule has 4 heteroatoms. The van der Waals surface area contributed by atoms with Gasteiger partial charge in [0.25, 0.3) is 0 Å². The molecule has 0 heterocycles. The summed E-state index contributed by atoms with van der Waals surface area (Å²) in [7, 11) is 0. The maximum absolute atomic E-state index is 13.6. The number of likely N-dealkylation sites (N-methyl/N-ethyl adjacent to an activating group) is 1. The third-order valence-electron chi connectivity index (χ3n) is 3.49. The van der Waals surface area contributed by atoms with E-state index in [1.807, 2.05) is 19.1 Å². The lowest BCUT2D eigenvalue weighted by atomic mass is 9.97. The van der Waals surface area contributed by atoms with Crippen molar-refractivity contribution < 1.29 is 8.78 Å². The van der Waals surface area contributed by atoms with Gasteiger partial charge in [-0.15, -0.1) is 0 Å². The van der Waals surface area contributed by atoms with Crippen LogP contribution in [0.25, 0.3) is 0 Å². The first-order valence-electron chi connectivity index (χ1n) is 6.95. The second-order valence-corrected chi connectivity index (χ2v) is 5.83. The Kier molecular flexibility index (Phi) is 5.48. The fourth-order valence-electron chi connectivity index (χ4n) is 2.36. The zero-order chi connectivity index (χ0) is 15.4. The van der Waals surface area contributed by atoms with Gasteiger partial charge in [-0.1, -0.05) is 31.2 Å². The van der Waals surface area contributed by atoms with Crippen molar-refractivity contribution in [3.8, 4) is 0 Å². The van der Waals surface area contributed by atoms with Crippen LogP contribution in [0.4, 0.5) is 8.78 Å². The summed E-state index contributed by atoms with van der Waals surface area (Å²) in [6.45, 7) is 4.55. The van der Waals surface area contributed by atoms with Crippen LogP contribution in [-0.4, -0.2) is 6.54 Å². The van der Waals surface area contributed by atoms with E-state index in [9.17, 15) is 8.78 Å². The van der Waals surface area contributed by atoms with Gasteiger partial charge in [-0.25, -0.2) is 8.78 Å². The van der Waals surface area contributed by atoms with E-state index in [1.165, 1.54) is 12.1 Å². The van der Waals surface area contributed by atoms with Crippen LogP contribution in [0.5, 0.6) is 0 Å². The van der Waals surface area contributed by atoms with Gasteiger partial charge in [0.15, 0.2) is 0 Å². The Morgan fingerprint density at radius 3 is 2.57 bits per heavy atom. The molecule has 0 spiro atoms. The van der Waals surface area contributed by atoms with Crippen LogP contribution in [0.1, 0.15) is 29.7 Å². The molecule has 2 rings (SSSR count). The molecule has 1 N–H and O–H groups in total. The second-order valence-electron chi connectivity index (χ2n) is 5.04. The fraction of sp³-hybridized carbons (Fsp3) is 0.294. The van der Waals surface area contributed by atoms with E-state index in [2.05, 4.69) is 21.2 Å². The molecule has 0 fully saturated rings. The normalized spacial score (nSPS) is 12.4. The van der Waals surface area contributed by atoms with Gasteiger partial charge in [0.05, 0.1) is 4.47 Å². The van der Waals surface area contributed by atoms with Crippen LogP contribution < -0.4 is 5.32 Å². The van der Waals surface area contributed by atoms with Gasteiger partial charge in [0.1, 0.15) is 11.6 Å². The first-order chi connectivity index (χ1) is 10.0. The van der Waals surface area contributed by atoms with Crippen molar-refractivity contribution in [2.75, 3.05) is 6.54 Å². The molecular weight excluding hydrogens is 336 g/mol. The number of aryl methyl sites for hydroxylation is 1. The second kappa shape index (κ2) is 7.14. The van der Waals surface area contributed by atoms with Crippen molar-refractivity contribution in [3.05, 3.63) is 69.2 Å². The monoisotopic (exact) mass is 353 g/mol. The molecule has 0 aliphatic rings. The highest BCUT2D eigenvalue weighted by Gasteiger charge is 2.15. The molecule has 0 radical (unpaired) electrons. The van der Waals surface area contributed by atoms with Crippen LogP contribution in [-0.2, 0) is 6.42 Å². The molecule has 21 heavy (non-hydrogen) atoms. The molecule has 1 atom stereocenters. The predicted molar refractivity (Wildman–Crippen MR) is 85.4 cm³/mol. The Labute approximate surface area is 132 Å². The molecule has 1 unspecified atom stereocenters. The molecule has 0 saturated carbocycles. The number of hydrogen-bond acceptors (Lipinski definition) is 1. The summed E-state index contributed by atoms with van der Waals surface area (Å²) >= 11 is 3.30. The maximum atomic E-state index is 13.6. The molecule has 0 saturated heterocycles. The minimum absolute atomic E-state index is 0.0207. The minimum atomic E-state index is -0.266. The molecule has 0 aromatic heterocycles. The molecule has 0 bridgehead atoms. The summed E-state index contributed by atoms with van der Waals surface area (Å²) in [5.41, 5.74) is 2.52. The Bertz CT molecular complexity index is 628. The van der Waals surface area contributed by atoms with Gasteiger partial charge >= 0.3 is 0 Å². The number of rotatable bonds is 5. The lowest BCUT2D eigenvalue weighted by molar-refractivity contribution is 0.541. The van der Waals surface area contributed by atoms with Crippen molar-refractivity contribution in [1.29, 1.82) is 0 Å². The molecule has 0 amide bonds. The zero-order valence-electron chi connectivity index (χ0n) is 12.1. The fourth-order valence-corrected chi connectivity index (χ4v) is 2.79. The summed E-state index contributed by atoms with van der Waals surface area (Å²) < 4.78 is 27.5. The summed E-state index contributed by atoms with van der Waals surface area (Å²) in [5, 5.41) is 3.38. The molecule has 112 valence electrons. The highest BCUT2D eigenvalue weighted by molar-refractivity contribution is 9.10. The van der Waals surface area contributed by atoms with E-state index in [4.69, 9.17) is 0 Å². The lowest BCUT2D eigenvalue weighted by Gasteiger charge is -2.20. The Balaban J connectivity index is 2.30. The van der Waals surface area contributed by atoms with Gasteiger partial charge in [-0.3, -0.25) is 0 Å². The topological polar surface area (TPSA) is 12.0 Å². The van der Waals surface area contributed by atoms with E-state index in [-0.39, 0.29) is 17.7 Å². The standard InChI is InChI=1S/C17H18BrF2N/c1-3-21-16(12-7-8-14(19)11(2)9-12)10-13-5-4-6-15(20)17(13)18/h4-9,16,21H,3,10H2,1-2H3. The smallest absolute Gasteiger partial charge is 0.137 e. The van der Waals surface area contributed by atoms with E-state index in [1.54, 1.807) is 19.1 Å². The third-order valence-corrected chi connectivity index (χ3v) is 4.38. The molecule has 0 aliphatic carbocycles. The number of nitrogens with one attached hydrogen (secondary N) is 1. The minimum Gasteiger partial charge on any atom is -0.310 e. The van der Waals surface area contributed by atoms with Crippen molar-refractivity contribution in [2.24, 2.45) is 0 Å². The quantitative estimate of drug-likeness (QED) is 0.803. The maximum Gasteiger partial charge on any atom is 0.137 e. The predicted octanol–water partition coefficient (Wildman–Crippen LogP) is 4.93. The van der Waals surface area contributed by atoms with Crippen molar-refractivity contribution in [2.45, 2.75) is 26.3 Å². The average Bonchev–Trinajstić information content (AvgIpc) is 2.46. The molecule has 1 nitrogen and oxygen atoms in total. The van der Waals surface area contributed by atoms with E-state index < -0.39 is 0 Å². The Morgan fingerprint density at radius 1 is 1.14 bits per heavy atom. The lowest BCUT2D eigenvalue weighted by Crippen LogP contribution is -2.23. The van der Waals surface area contributed by atoms with Gasteiger partial charge in [0.2, 0.25) is 0 Å². The van der Waals surface area contributed by atoms with Crippen LogP contribution in [0, 0.1) is 18.6 Å². The van der Waals surface area contributed by atoms with Crippen LogP contribution in [0.2, 0.25) is 0 Å². The largest absolute Gasteiger partial charge is 0.310 e. The number of halogens is 3. The highest BCUT2D eigenvalue weighted by atomic mass is 79.9. The summed E-state index contributed by atoms with van der Waals surface area (Å²) in [4.78, 5) is 0. The first kappa shape index (κ1) is 16.1. The SMILES string of the molecule is CCNC(Cc1cccc(F)c1Br)c1ccc(F)c(C)c1. The molecule has 2 aromatic carbocycles. The summed E-state index contributed by atoms with van der Waals surface area (Å²) in [6, 6.07) is 10.2. The van der Waals surface area contributed by atoms with E-state index in [0.29, 0.717) is 16.5 Å². The molecule has 0 aliphatic heterocycles. The van der Waals surface area contributed by atoms with Crippen LogP contribution >= 0.6 is 15.9 Å². The van der Waals surface area contributed by atoms with E-state index in [0.717, 1.165) is 17.7 Å². The Hall–Kier alpha value is -1.26. The molecular formula is C17H18BrF2N. The summed E-state index contributed by atoms with van der Waals surface area (Å²) in [6.07, 6.45) is 0.636. The van der Waals surface area contributed by atoms with Crippen LogP contribution in [0.15, 0.2) is 40.9 Å². The number of benzene rings is 2. The van der Waals surface area contributed by atoms with Gasteiger partial charge in [0, 0.05) is 6.04 Å². The van der Waals surface area contributed by atoms with Crippen LogP contribution in [0.3, 0.4) is 0 Å². The van der Waals surface area contributed by atoms with Crippen molar-refractivity contribution in [1.82, 2.24) is 5.32 Å². The zero-order valence-corrected chi connectivity index (χ0v) is 13.7. The van der Waals surface area contributed by atoms with Crippen molar-refractivity contribution in [3.63, 3.8) is 0 Å². The highest BCUT2D eigenvalue weighted by Crippen LogP contribution is 2.26. The van der Waals surface area contributed by atoms with E-state index >= 15 is 0 Å².